The molecule has 1 spiro atoms. The minimum absolute atomic E-state index is 0.283. The molecule has 0 bridgehead atoms. The first-order valence-electron chi connectivity index (χ1n) is 11.3. The van der Waals surface area contributed by atoms with Gasteiger partial charge in [-0.1, -0.05) is 13.3 Å². The number of carbonyl (C=O) groups is 3. The molecule has 3 aliphatic rings. The Labute approximate surface area is 185 Å². The Kier molecular flexibility index (Phi) is 5.15. The average molecular weight is 438 g/mol. The molecule has 10 nitrogen and oxygen atoms in total. The quantitative estimate of drug-likeness (QED) is 0.670. The number of anilines is 1. The second-order valence-electron chi connectivity index (χ2n) is 9.06. The fraction of sp³-hybridized carbons (Fsp3) is 0.545. The summed E-state index contributed by atoms with van der Waals surface area (Å²) in [6, 6.07) is 7.09. The third-order valence-electron chi connectivity index (χ3n) is 6.90. The maximum Gasteiger partial charge on any atom is 0.325 e. The number of hydrogen-bond acceptors (Lipinski definition) is 6. The average Bonchev–Trinajstić information content (AvgIpc) is 3.49. The van der Waals surface area contributed by atoms with E-state index in [1.54, 1.807) is 12.1 Å². The predicted octanol–water partition coefficient (Wildman–Crippen LogP) is 2.50. The maximum atomic E-state index is 13.0. The smallest absolute Gasteiger partial charge is 0.325 e. The first-order valence-corrected chi connectivity index (χ1v) is 11.3. The largest absolute Gasteiger partial charge is 0.325 e. The van der Waals surface area contributed by atoms with Crippen molar-refractivity contribution in [3.05, 3.63) is 24.3 Å². The Balaban J connectivity index is 1.21. The van der Waals surface area contributed by atoms with Gasteiger partial charge in [0.2, 0.25) is 5.91 Å². The van der Waals surface area contributed by atoms with Crippen molar-refractivity contribution < 1.29 is 14.4 Å². The van der Waals surface area contributed by atoms with Crippen molar-refractivity contribution in [2.45, 2.75) is 63.5 Å². The van der Waals surface area contributed by atoms with Crippen LogP contribution in [0.2, 0.25) is 0 Å². The monoisotopic (exact) mass is 437 g/mol. The van der Waals surface area contributed by atoms with Crippen LogP contribution in [0.1, 0.15) is 57.9 Å². The summed E-state index contributed by atoms with van der Waals surface area (Å²) in [4.78, 5) is 39.1. The van der Waals surface area contributed by atoms with Gasteiger partial charge in [0, 0.05) is 11.3 Å². The lowest BCUT2D eigenvalue weighted by molar-refractivity contribution is -0.135. The van der Waals surface area contributed by atoms with Crippen LogP contribution in [0, 0.1) is 5.92 Å². The number of hydrogen-bond donors (Lipinski definition) is 2. The van der Waals surface area contributed by atoms with E-state index in [1.165, 1.54) is 0 Å². The van der Waals surface area contributed by atoms with E-state index in [0.29, 0.717) is 36.3 Å². The highest BCUT2D eigenvalue weighted by Crippen LogP contribution is 2.38. The molecule has 2 aromatic rings. The third kappa shape index (κ3) is 3.74. The summed E-state index contributed by atoms with van der Waals surface area (Å²) in [5, 5.41) is 17.5. The molecule has 4 amide bonds. The lowest BCUT2D eigenvalue weighted by Gasteiger charge is -2.34. The Morgan fingerprint density at radius 1 is 1.16 bits per heavy atom. The standard InChI is InChI=1S/C22H27N7O3/c1-2-14-9-11-22(12-10-14)20(31)28(21(32)24-22)13-18(30)23-16-5-3-15(4-6-16)19-25-26-27-29(19)17-7-8-17/h3-6,14,17H,2,7-13H2,1H3,(H,23,30)(H,24,32). The molecule has 2 heterocycles. The van der Waals surface area contributed by atoms with Gasteiger partial charge in [-0.05, 0) is 79.1 Å². The fourth-order valence-electron chi connectivity index (χ4n) is 4.73. The lowest BCUT2D eigenvalue weighted by Crippen LogP contribution is -2.49. The van der Waals surface area contributed by atoms with Crippen LogP contribution in [0.5, 0.6) is 0 Å². The van der Waals surface area contributed by atoms with E-state index in [1.807, 2.05) is 16.8 Å². The number of amides is 4. The van der Waals surface area contributed by atoms with Crippen molar-refractivity contribution in [1.29, 1.82) is 0 Å². The van der Waals surface area contributed by atoms with E-state index in [9.17, 15) is 14.4 Å². The van der Waals surface area contributed by atoms with Crippen LogP contribution >= 0.6 is 0 Å². The zero-order valence-corrected chi connectivity index (χ0v) is 18.1. The summed E-state index contributed by atoms with van der Waals surface area (Å²) in [6.45, 7) is 1.85. The molecule has 3 fully saturated rings. The molecule has 1 aromatic heterocycles. The van der Waals surface area contributed by atoms with Crippen LogP contribution in [0.25, 0.3) is 11.4 Å². The second kappa shape index (κ2) is 7.99. The minimum atomic E-state index is -0.837. The molecule has 0 atom stereocenters. The first kappa shape index (κ1) is 20.6. The molecule has 5 rings (SSSR count). The van der Waals surface area contributed by atoms with Crippen molar-refractivity contribution >= 4 is 23.5 Å². The van der Waals surface area contributed by atoms with Gasteiger partial charge in [0.05, 0.1) is 6.04 Å². The molecule has 2 aliphatic carbocycles. The molecule has 1 saturated heterocycles. The number of imide groups is 1. The summed E-state index contributed by atoms with van der Waals surface area (Å²) >= 11 is 0. The molecule has 10 heteroatoms. The van der Waals surface area contributed by atoms with Crippen LogP contribution in [0.3, 0.4) is 0 Å². The number of urea groups is 1. The van der Waals surface area contributed by atoms with Crippen molar-refractivity contribution in [3.8, 4) is 11.4 Å². The van der Waals surface area contributed by atoms with Crippen LogP contribution in [-0.4, -0.2) is 55.0 Å². The van der Waals surface area contributed by atoms with Gasteiger partial charge in [0.25, 0.3) is 5.91 Å². The van der Waals surface area contributed by atoms with Crippen molar-refractivity contribution in [3.63, 3.8) is 0 Å². The molecule has 0 radical (unpaired) electrons. The highest BCUT2D eigenvalue weighted by molar-refractivity contribution is 6.10. The number of rotatable bonds is 6. The van der Waals surface area contributed by atoms with Gasteiger partial charge in [-0.25, -0.2) is 9.48 Å². The van der Waals surface area contributed by atoms with Crippen LogP contribution in [0.4, 0.5) is 10.5 Å². The van der Waals surface area contributed by atoms with Crippen LogP contribution in [-0.2, 0) is 9.59 Å². The number of nitrogens with one attached hydrogen (secondary N) is 2. The molecule has 168 valence electrons. The van der Waals surface area contributed by atoms with Gasteiger partial charge in [0.1, 0.15) is 12.1 Å². The Hall–Kier alpha value is -3.30. The van der Waals surface area contributed by atoms with E-state index in [2.05, 4.69) is 33.1 Å². The normalized spacial score (nSPS) is 25.3. The number of nitrogens with zero attached hydrogens (tertiary/aromatic N) is 5. The van der Waals surface area contributed by atoms with Gasteiger partial charge in [-0.2, -0.15) is 0 Å². The third-order valence-corrected chi connectivity index (χ3v) is 6.90. The molecule has 0 unspecified atom stereocenters. The summed E-state index contributed by atoms with van der Waals surface area (Å²) in [6.07, 6.45) is 6.34. The molecule has 2 N–H and O–H groups in total. The Morgan fingerprint density at radius 2 is 1.88 bits per heavy atom. The first-order chi connectivity index (χ1) is 15.5. The number of benzene rings is 1. The number of carbonyl (C=O) groups excluding carboxylic acids is 3. The highest BCUT2D eigenvalue weighted by atomic mass is 16.2. The number of aromatic nitrogens is 4. The number of tetrazole rings is 1. The summed E-state index contributed by atoms with van der Waals surface area (Å²) < 4.78 is 1.83. The molecular formula is C22H27N7O3. The topological polar surface area (TPSA) is 122 Å². The van der Waals surface area contributed by atoms with E-state index in [-0.39, 0.29) is 12.5 Å². The maximum absolute atomic E-state index is 13.0. The van der Waals surface area contributed by atoms with Crippen LogP contribution in [0.15, 0.2) is 24.3 Å². The van der Waals surface area contributed by atoms with Gasteiger partial charge in [-0.15, -0.1) is 5.10 Å². The van der Waals surface area contributed by atoms with E-state index in [0.717, 1.165) is 42.6 Å². The molecule has 32 heavy (non-hydrogen) atoms. The van der Waals surface area contributed by atoms with Crippen LogP contribution < -0.4 is 10.6 Å². The SMILES string of the molecule is CCC1CCC2(CC1)NC(=O)N(CC(=O)Nc1ccc(-c3nnnn3C3CC3)cc1)C2=O. The fourth-order valence-corrected chi connectivity index (χ4v) is 4.73. The Bertz CT molecular complexity index is 1040. The summed E-state index contributed by atoms with van der Waals surface area (Å²) in [7, 11) is 0. The highest BCUT2D eigenvalue weighted by Gasteiger charge is 2.52. The van der Waals surface area contributed by atoms with E-state index >= 15 is 0 Å². The van der Waals surface area contributed by atoms with Crippen molar-refractivity contribution in [1.82, 2.24) is 30.4 Å². The second-order valence-corrected chi connectivity index (χ2v) is 9.06. The lowest BCUT2D eigenvalue weighted by atomic mass is 9.75. The van der Waals surface area contributed by atoms with E-state index < -0.39 is 17.5 Å². The zero-order chi connectivity index (χ0) is 22.3. The van der Waals surface area contributed by atoms with Crippen molar-refractivity contribution in [2.75, 3.05) is 11.9 Å². The molecular weight excluding hydrogens is 410 g/mol. The summed E-state index contributed by atoms with van der Waals surface area (Å²) in [5.41, 5.74) is 0.601. The van der Waals surface area contributed by atoms with Gasteiger partial charge in [0.15, 0.2) is 5.82 Å². The van der Waals surface area contributed by atoms with Gasteiger partial charge < -0.3 is 10.6 Å². The molecule has 1 aliphatic heterocycles. The van der Waals surface area contributed by atoms with Crippen molar-refractivity contribution in [2.24, 2.45) is 5.92 Å². The molecule has 1 aromatic carbocycles. The zero-order valence-electron chi connectivity index (χ0n) is 18.1. The molecule has 2 saturated carbocycles. The minimum Gasteiger partial charge on any atom is -0.325 e. The summed E-state index contributed by atoms with van der Waals surface area (Å²) in [5.74, 6) is 0.602. The Morgan fingerprint density at radius 3 is 2.53 bits per heavy atom. The predicted molar refractivity (Wildman–Crippen MR) is 115 cm³/mol. The van der Waals surface area contributed by atoms with Gasteiger partial charge in [-0.3, -0.25) is 14.5 Å². The van der Waals surface area contributed by atoms with E-state index in [4.69, 9.17) is 0 Å². The van der Waals surface area contributed by atoms with Gasteiger partial charge >= 0.3 is 6.03 Å².